The Morgan fingerprint density at radius 2 is 1.95 bits per heavy atom. The van der Waals surface area contributed by atoms with Gasteiger partial charge in [0.15, 0.2) is 0 Å². The average molecular weight is 557 g/mol. The molecule has 2 aliphatic rings. The zero-order chi connectivity index (χ0) is 27.6. The molecule has 0 bridgehead atoms. The molecular formula is C28H29FN2O7S. The van der Waals surface area contributed by atoms with E-state index in [0.717, 1.165) is 5.56 Å². The number of methoxy groups -OCH3 is 1. The third-order valence-electron chi connectivity index (χ3n) is 6.89. The van der Waals surface area contributed by atoms with Gasteiger partial charge in [-0.05, 0) is 54.4 Å². The second kappa shape index (κ2) is 11.2. The van der Waals surface area contributed by atoms with Crippen LogP contribution in [0, 0.1) is 5.82 Å². The average Bonchev–Trinajstić information content (AvgIpc) is 3.29. The van der Waals surface area contributed by atoms with E-state index in [9.17, 15) is 22.7 Å². The molecule has 0 aromatic heterocycles. The Bertz CT molecular complexity index is 1470. The Balaban J connectivity index is 1.29. The third-order valence-corrected chi connectivity index (χ3v) is 8.27. The molecule has 1 saturated heterocycles. The molecule has 3 aromatic rings. The van der Waals surface area contributed by atoms with Gasteiger partial charge in [-0.15, -0.1) is 0 Å². The Hall–Kier alpha value is -3.67. The summed E-state index contributed by atoms with van der Waals surface area (Å²) in [7, 11) is -2.42. The topological polar surface area (TPSA) is 123 Å². The summed E-state index contributed by atoms with van der Waals surface area (Å²) in [4.78, 5) is 12.7. The summed E-state index contributed by atoms with van der Waals surface area (Å²) in [5.41, 5.74) is 1.78. The van der Waals surface area contributed by atoms with Crippen molar-refractivity contribution in [2.45, 2.75) is 48.5 Å². The molecule has 0 radical (unpaired) electrons. The second-order valence-electron chi connectivity index (χ2n) is 9.55. The summed E-state index contributed by atoms with van der Waals surface area (Å²) in [6.07, 6.45) is -1.14. The lowest BCUT2D eigenvalue weighted by atomic mass is 9.84. The van der Waals surface area contributed by atoms with Crippen molar-refractivity contribution in [2.24, 2.45) is 0 Å². The van der Waals surface area contributed by atoms with Crippen LogP contribution in [0.5, 0.6) is 11.5 Å². The SMILES string of the molecule is COc1cccc(S(=O)(=O)Nc2ccc3c(c2)[C@H]2C[C@H](CC(=O)NCc4cccc(F)c4)O[C@@H](CO)[C@H]2O3)c1. The molecule has 1 fully saturated rings. The molecule has 0 saturated carbocycles. The van der Waals surface area contributed by atoms with Crippen LogP contribution in [-0.4, -0.2) is 51.5 Å². The Morgan fingerprint density at radius 1 is 1.13 bits per heavy atom. The van der Waals surface area contributed by atoms with E-state index in [-0.39, 0.29) is 42.1 Å². The van der Waals surface area contributed by atoms with Crippen molar-refractivity contribution < 1.29 is 36.9 Å². The van der Waals surface area contributed by atoms with Gasteiger partial charge < -0.3 is 24.6 Å². The first-order valence-corrected chi connectivity index (χ1v) is 14.0. The summed E-state index contributed by atoms with van der Waals surface area (Å²) in [5, 5.41) is 12.8. The first-order chi connectivity index (χ1) is 18.8. The highest BCUT2D eigenvalue weighted by atomic mass is 32.2. The molecule has 206 valence electrons. The quantitative estimate of drug-likeness (QED) is 0.370. The number of halogens is 1. The maximum atomic E-state index is 13.4. The van der Waals surface area contributed by atoms with Crippen molar-refractivity contribution in [1.29, 1.82) is 0 Å². The van der Waals surface area contributed by atoms with E-state index in [1.807, 2.05) is 0 Å². The Morgan fingerprint density at radius 3 is 2.72 bits per heavy atom. The van der Waals surface area contributed by atoms with Crippen LogP contribution in [0.1, 0.15) is 29.9 Å². The highest BCUT2D eigenvalue weighted by Crippen LogP contribution is 2.47. The van der Waals surface area contributed by atoms with E-state index in [4.69, 9.17) is 14.2 Å². The van der Waals surface area contributed by atoms with Gasteiger partial charge in [0.2, 0.25) is 5.91 Å². The van der Waals surface area contributed by atoms with E-state index >= 15 is 0 Å². The number of rotatable bonds is 9. The van der Waals surface area contributed by atoms with Crippen molar-refractivity contribution in [3.05, 3.63) is 83.7 Å². The number of hydrogen-bond acceptors (Lipinski definition) is 7. The summed E-state index contributed by atoms with van der Waals surface area (Å²) in [6.45, 7) is -0.118. The molecule has 0 aliphatic carbocycles. The fourth-order valence-electron chi connectivity index (χ4n) is 5.06. The summed E-state index contributed by atoms with van der Waals surface area (Å²) in [6, 6.07) is 17.2. The van der Waals surface area contributed by atoms with Crippen LogP contribution in [0.3, 0.4) is 0 Å². The molecule has 4 atom stereocenters. The number of sulfonamides is 1. The van der Waals surface area contributed by atoms with Crippen LogP contribution in [0.25, 0.3) is 0 Å². The van der Waals surface area contributed by atoms with Crippen LogP contribution >= 0.6 is 0 Å². The molecule has 39 heavy (non-hydrogen) atoms. The van der Waals surface area contributed by atoms with E-state index in [1.54, 1.807) is 42.5 Å². The molecule has 5 rings (SSSR count). The molecule has 2 heterocycles. The van der Waals surface area contributed by atoms with Crippen molar-refractivity contribution >= 4 is 21.6 Å². The van der Waals surface area contributed by atoms with Gasteiger partial charge in [0.05, 0.1) is 31.1 Å². The lowest BCUT2D eigenvalue weighted by Gasteiger charge is -2.37. The highest BCUT2D eigenvalue weighted by molar-refractivity contribution is 7.92. The first kappa shape index (κ1) is 26.9. The molecule has 2 aliphatic heterocycles. The zero-order valence-corrected chi connectivity index (χ0v) is 22.0. The largest absolute Gasteiger partial charge is 0.497 e. The van der Waals surface area contributed by atoms with Crippen LogP contribution in [0.15, 0.2) is 71.6 Å². The van der Waals surface area contributed by atoms with Gasteiger partial charge in [-0.25, -0.2) is 12.8 Å². The fraction of sp³-hybridized carbons (Fsp3) is 0.321. The number of fused-ring (bicyclic) bond motifs is 3. The fourth-order valence-corrected chi connectivity index (χ4v) is 6.15. The minimum atomic E-state index is -3.88. The van der Waals surface area contributed by atoms with Crippen LogP contribution < -0.4 is 19.5 Å². The molecular weight excluding hydrogens is 527 g/mol. The Labute approximate surface area is 226 Å². The molecule has 0 spiro atoms. The number of nitrogens with one attached hydrogen (secondary N) is 2. The lowest BCUT2D eigenvalue weighted by molar-refractivity contribution is -0.142. The monoisotopic (exact) mass is 556 g/mol. The van der Waals surface area contributed by atoms with Crippen molar-refractivity contribution in [3.8, 4) is 11.5 Å². The van der Waals surface area contributed by atoms with Crippen molar-refractivity contribution in [3.63, 3.8) is 0 Å². The van der Waals surface area contributed by atoms with E-state index in [1.165, 1.54) is 31.4 Å². The van der Waals surface area contributed by atoms with Crippen LogP contribution in [0.4, 0.5) is 10.1 Å². The maximum Gasteiger partial charge on any atom is 0.262 e. The highest BCUT2D eigenvalue weighted by Gasteiger charge is 2.46. The van der Waals surface area contributed by atoms with E-state index in [2.05, 4.69) is 10.0 Å². The van der Waals surface area contributed by atoms with Crippen molar-refractivity contribution in [2.75, 3.05) is 18.4 Å². The first-order valence-electron chi connectivity index (χ1n) is 12.5. The van der Waals surface area contributed by atoms with E-state index < -0.39 is 28.3 Å². The number of carbonyl (C=O) groups is 1. The molecule has 3 N–H and O–H groups in total. The molecule has 11 heteroatoms. The molecule has 1 amide bonds. The smallest absolute Gasteiger partial charge is 0.262 e. The number of amides is 1. The number of ether oxygens (including phenoxy) is 3. The number of anilines is 1. The minimum absolute atomic E-state index is 0.0481. The molecule has 0 unspecified atom stereocenters. The standard InChI is InChI=1S/C28H29FN2O7S/c1-36-20-6-3-7-22(12-20)39(34,35)31-19-8-9-25-23(11-19)24-13-21(37-26(16-32)28(24)38-25)14-27(33)30-15-17-4-2-5-18(29)10-17/h2-12,21,24,26,28,31-32H,13-16H2,1H3,(H,30,33)/t21-,24-,26+,28+/m1/s1. The number of aliphatic hydroxyl groups is 1. The van der Waals surface area contributed by atoms with Crippen LogP contribution in [0.2, 0.25) is 0 Å². The van der Waals surface area contributed by atoms with Crippen molar-refractivity contribution in [1.82, 2.24) is 5.32 Å². The summed E-state index contributed by atoms with van der Waals surface area (Å²) >= 11 is 0. The third kappa shape index (κ3) is 6.00. The predicted octanol–water partition coefficient (Wildman–Crippen LogP) is 3.34. The molecule has 9 nitrogen and oxygen atoms in total. The summed E-state index contributed by atoms with van der Waals surface area (Å²) < 4.78 is 59.2. The van der Waals surface area contributed by atoms with Gasteiger partial charge in [-0.1, -0.05) is 18.2 Å². The van der Waals surface area contributed by atoms with Gasteiger partial charge in [0.1, 0.15) is 29.5 Å². The predicted molar refractivity (Wildman–Crippen MR) is 141 cm³/mol. The van der Waals surface area contributed by atoms with E-state index in [0.29, 0.717) is 29.2 Å². The second-order valence-corrected chi connectivity index (χ2v) is 11.2. The Kier molecular flexibility index (Phi) is 7.74. The number of aliphatic hydroxyl groups excluding tert-OH is 1. The molecule has 3 aromatic carbocycles. The normalized spacial score (nSPS) is 21.8. The maximum absolute atomic E-state index is 13.4. The number of carbonyl (C=O) groups excluding carboxylic acids is 1. The van der Waals surface area contributed by atoms with Gasteiger partial charge in [-0.2, -0.15) is 0 Å². The lowest BCUT2D eigenvalue weighted by Crippen LogP contribution is -2.47. The number of benzene rings is 3. The summed E-state index contributed by atoms with van der Waals surface area (Å²) in [5.74, 6) is 0.143. The zero-order valence-electron chi connectivity index (χ0n) is 21.2. The van der Waals surface area contributed by atoms with Gasteiger partial charge in [0, 0.05) is 29.8 Å². The van der Waals surface area contributed by atoms with Gasteiger partial charge >= 0.3 is 0 Å². The van der Waals surface area contributed by atoms with Gasteiger partial charge in [0.25, 0.3) is 10.0 Å². The minimum Gasteiger partial charge on any atom is -0.497 e. The van der Waals surface area contributed by atoms with Gasteiger partial charge in [-0.3, -0.25) is 9.52 Å². The van der Waals surface area contributed by atoms with Crippen LogP contribution in [-0.2, 0) is 26.1 Å². The number of hydrogen-bond donors (Lipinski definition) is 3.